The Labute approximate surface area is 101 Å². The van der Waals surface area contributed by atoms with Gasteiger partial charge in [0.05, 0.1) is 6.10 Å². The Balaban J connectivity index is 2.04. The van der Waals surface area contributed by atoms with E-state index in [1.165, 1.54) is 12.1 Å². The van der Waals surface area contributed by atoms with Crippen LogP contribution < -0.4 is 10.5 Å². The Kier molecular flexibility index (Phi) is 3.97. The SMILES string of the molecule is C[C@@H](N)c1ccc(F)cc1OCC1CCCO1. The first kappa shape index (κ1) is 12.3. The summed E-state index contributed by atoms with van der Waals surface area (Å²) in [5.41, 5.74) is 6.64. The highest BCUT2D eigenvalue weighted by Gasteiger charge is 2.17. The molecule has 2 N–H and O–H groups in total. The van der Waals surface area contributed by atoms with Crippen molar-refractivity contribution < 1.29 is 13.9 Å². The summed E-state index contributed by atoms with van der Waals surface area (Å²) in [6.07, 6.45) is 2.19. The molecule has 1 aromatic carbocycles. The number of nitrogens with two attached hydrogens (primary N) is 1. The zero-order chi connectivity index (χ0) is 12.3. The first-order valence-corrected chi connectivity index (χ1v) is 5.96. The molecular weight excluding hydrogens is 221 g/mol. The highest BCUT2D eigenvalue weighted by Crippen LogP contribution is 2.25. The first-order valence-electron chi connectivity index (χ1n) is 5.96. The molecule has 0 spiro atoms. The lowest BCUT2D eigenvalue weighted by Crippen LogP contribution is -2.18. The van der Waals surface area contributed by atoms with Crippen molar-refractivity contribution in [2.24, 2.45) is 5.73 Å². The van der Waals surface area contributed by atoms with E-state index >= 15 is 0 Å². The van der Waals surface area contributed by atoms with E-state index in [4.69, 9.17) is 15.2 Å². The summed E-state index contributed by atoms with van der Waals surface area (Å²) in [7, 11) is 0. The fourth-order valence-corrected chi connectivity index (χ4v) is 1.97. The molecule has 1 aromatic rings. The molecule has 3 nitrogen and oxygen atoms in total. The third-order valence-electron chi connectivity index (χ3n) is 2.91. The molecule has 2 atom stereocenters. The molecule has 1 fully saturated rings. The molecule has 1 aliphatic heterocycles. The standard InChI is InChI=1S/C13H18FNO2/c1-9(15)12-5-4-10(14)7-13(12)17-8-11-3-2-6-16-11/h4-5,7,9,11H,2-3,6,8,15H2,1H3/t9-,11?/m1/s1. The molecule has 0 radical (unpaired) electrons. The maximum atomic E-state index is 13.2. The van der Waals surface area contributed by atoms with E-state index in [0.29, 0.717) is 12.4 Å². The number of hydrogen-bond donors (Lipinski definition) is 1. The summed E-state index contributed by atoms with van der Waals surface area (Å²) in [4.78, 5) is 0. The van der Waals surface area contributed by atoms with Gasteiger partial charge in [0.25, 0.3) is 0 Å². The summed E-state index contributed by atoms with van der Waals surface area (Å²) in [5.74, 6) is 0.215. The van der Waals surface area contributed by atoms with E-state index in [2.05, 4.69) is 0 Å². The van der Waals surface area contributed by atoms with Crippen LogP contribution in [0, 0.1) is 5.82 Å². The van der Waals surface area contributed by atoms with Gasteiger partial charge in [0.15, 0.2) is 0 Å². The Morgan fingerprint density at radius 2 is 2.41 bits per heavy atom. The molecule has 17 heavy (non-hydrogen) atoms. The van der Waals surface area contributed by atoms with Crippen molar-refractivity contribution >= 4 is 0 Å². The second-order valence-electron chi connectivity index (χ2n) is 4.42. The molecule has 0 aromatic heterocycles. The second-order valence-corrected chi connectivity index (χ2v) is 4.42. The number of benzene rings is 1. The maximum Gasteiger partial charge on any atom is 0.127 e. The van der Waals surface area contributed by atoms with Gasteiger partial charge in [-0.15, -0.1) is 0 Å². The van der Waals surface area contributed by atoms with Crippen LogP contribution in [0.15, 0.2) is 18.2 Å². The summed E-state index contributed by atoms with van der Waals surface area (Å²) >= 11 is 0. The van der Waals surface area contributed by atoms with E-state index < -0.39 is 0 Å². The van der Waals surface area contributed by atoms with Gasteiger partial charge < -0.3 is 15.2 Å². The van der Waals surface area contributed by atoms with Gasteiger partial charge in [-0.2, -0.15) is 0 Å². The molecular formula is C13H18FNO2. The number of rotatable bonds is 4. The molecule has 1 unspecified atom stereocenters. The molecule has 94 valence electrons. The maximum absolute atomic E-state index is 13.2. The van der Waals surface area contributed by atoms with Crippen LogP contribution in [0.25, 0.3) is 0 Å². The monoisotopic (exact) mass is 239 g/mol. The lowest BCUT2D eigenvalue weighted by Gasteiger charge is -2.16. The van der Waals surface area contributed by atoms with Crippen molar-refractivity contribution in [1.82, 2.24) is 0 Å². The average molecular weight is 239 g/mol. The van der Waals surface area contributed by atoms with Gasteiger partial charge in [-0.05, 0) is 25.8 Å². The van der Waals surface area contributed by atoms with Crippen molar-refractivity contribution in [3.8, 4) is 5.75 Å². The van der Waals surface area contributed by atoms with Gasteiger partial charge in [-0.3, -0.25) is 0 Å². The Morgan fingerprint density at radius 1 is 1.59 bits per heavy atom. The largest absolute Gasteiger partial charge is 0.490 e. The summed E-state index contributed by atoms with van der Waals surface area (Å²) < 4.78 is 24.2. The van der Waals surface area contributed by atoms with E-state index in [-0.39, 0.29) is 18.0 Å². The minimum Gasteiger partial charge on any atom is -0.490 e. The fraction of sp³-hybridized carbons (Fsp3) is 0.538. The van der Waals surface area contributed by atoms with Crippen LogP contribution in [0.3, 0.4) is 0 Å². The van der Waals surface area contributed by atoms with Gasteiger partial charge >= 0.3 is 0 Å². The van der Waals surface area contributed by atoms with Crippen molar-refractivity contribution in [2.45, 2.75) is 31.9 Å². The minimum absolute atomic E-state index is 0.124. The number of ether oxygens (including phenoxy) is 2. The van der Waals surface area contributed by atoms with Gasteiger partial charge in [0.2, 0.25) is 0 Å². The minimum atomic E-state index is -0.309. The van der Waals surface area contributed by atoms with Crippen LogP contribution in [0.4, 0.5) is 4.39 Å². The Bertz CT molecular complexity index is 376. The number of halogens is 1. The summed E-state index contributed by atoms with van der Waals surface area (Å²) in [6, 6.07) is 4.28. The van der Waals surface area contributed by atoms with Gasteiger partial charge in [0.1, 0.15) is 18.2 Å². The van der Waals surface area contributed by atoms with Gasteiger partial charge in [0, 0.05) is 24.3 Å². The highest BCUT2D eigenvalue weighted by atomic mass is 19.1. The zero-order valence-electron chi connectivity index (χ0n) is 9.99. The van der Waals surface area contributed by atoms with Crippen LogP contribution in [0.1, 0.15) is 31.4 Å². The molecule has 0 amide bonds. The van der Waals surface area contributed by atoms with Gasteiger partial charge in [-0.1, -0.05) is 6.07 Å². The summed E-state index contributed by atoms with van der Waals surface area (Å²) in [6.45, 7) is 3.10. The average Bonchev–Trinajstić information content (AvgIpc) is 2.78. The quantitative estimate of drug-likeness (QED) is 0.877. The Morgan fingerprint density at radius 3 is 3.06 bits per heavy atom. The van der Waals surface area contributed by atoms with Crippen molar-refractivity contribution in [3.05, 3.63) is 29.6 Å². The normalized spacial score (nSPS) is 21.5. The van der Waals surface area contributed by atoms with Crippen LogP contribution in [0.5, 0.6) is 5.75 Å². The second kappa shape index (κ2) is 5.47. The van der Waals surface area contributed by atoms with E-state index in [1.807, 2.05) is 6.92 Å². The van der Waals surface area contributed by atoms with E-state index in [1.54, 1.807) is 6.07 Å². The molecule has 0 saturated carbocycles. The third-order valence-corrected chi connectivity index (χ3v) is 2.91. The molecule has 1 saturated heterocycles. The molecule has 0 aliphatic carbocycles. The molecule has 1 heterocycles. The lowest BCUT2D eigenvalue weighted by molar-refractivity contribution is 0.0674. The van der Waals surface area contributed by atoms with Crippen LogP contribution in [-0.4, -0.2) is 19.3 Å². The predicted molar refractivity (Wildman–Crippen MR) is 63.5 cm³/mol. The lowest BCUT2D eigenvalue weighted by atomic mass is 10.1. The smallest absolute Gasteiger partial charge is 0.127 e. The fourth-order valence-electron chi connectivity index (χ4n) is 1.97. The van der Waals surface area contributed by atoms with Crippen LogP contribution in [-0.2, 0) is 4.74 Å². The molecule has 4 heteroatoms. The predicted octanol–water partition coefficient (Wildman–Crippen LogP) is 2.40. The van der Waals surface area contributed by atoms with E-state index in [9.17, 15) is 4.39 Å². The number of hydrogen-bond acceptors (Lipinski definition) is 3. The van der Waals surface area contributed by atoms with Gasteiger partial charge in [-0.25, -0.2) is 4.39 Å². The summed E-state index contributed by atoms with van der Waals surface area (Å²) in [5, 5.41) is 0. The van der Waals surface area contributed by atoms with Crippen LogP contribution in [0.2, 0.25) is 0 Å². The Hall–Kier alpha value is -1.13. The first-order chi connectivity index (χ1) is 8.16. The molecule has 0 bridgehead atoms. The topological polar surface area (TPSA) is 44.5 Å². The van der Waals surface area contributed by atoms with Crippen LogP contribution >= 0.6 is 0 Å². The zero-order valence-corrected chi connectivity index (χ0v) is 9.99. The molecule has 1 aliphatic rings. The van der Waals surface area contributed by atoms with Crippen molar-refractivity contribution in [2.75, 3.05) is 13.2 Å². The van der Waals surface area contributed by atoms with Crippen molar-refractivity contribution in [1.29, 1.82) is 0 Å². The molecule has 2 rings (SSSR count). The highest BCUT2D eigenvalue weighted by molar-refractivity contribution is 5.36. The van der Waals surface area contributed by atoms with Crippen molar-refractivity contribution in [3.63, 3.8) is 0 Å². The van der Waals surface area contributed by atoms with E-state index in [0.717, 1.165) is 25.0 Å². The third kappa shape index (κ3) is 3.17.